The highest BCUT2D eigenvalue weighted by Gasteiger charge is 2.29. The van der Waals surface area contributed by atoms with Gasteiger partial charge in [-0.05, 0) is 48.2 Å². The van der Waals surface area contributed by atoms with Crippen LogP contribution in [-0.4, -0.2) is 23.8 Å². The fraction of sp³-hybridized carbons (Fsp3) is 0.190. The van der Waals surface area contributed by atoms with Crippen molar-refractivity contribution in [3.8, 4) is 6.07 Å². The van der Waals surface area contributed by atoms with E-state index in [9.17, 15) is 19.2 Å². The number of carbonyl (C=O) groups is 2. The minimum Gasteiger partial charge on any atom is -0.325 e. The second-order valence-electron chi connectivity index (χ2n) is 6.28. The number of hydrogen-bond acceptors (Lipinski definition) is 5. The minimum absolute atomic E-state index is 0.0102. The molecule has 1 atom stereocenters. The standard InChI is InChI=1S/C21H18FN3O2S2/c1-28-16-8-2-13(3-9-16)17-10-19(26)25-21(18(17)11-23)29-12-20(27)24-15-6-4-14(22)5-7-15/h2-9,17H,10,12H2,1H3,(H,24,27)(H,25,26)/t17-/m0/s1. The summed E-state index contributed by atoms with van der Waals surface area (Å²) in [6, 6.07) is 15.4. The summed E-state index contributed by atoms with van der Waals surface area (Å²) in [6.07, 6.45) is 2.17. The van der Waals surface area contributed by atoms with Gasteiger partial charge in [0.1, 0.15) is 5.82 Å². The predicted molar refractivity (Wildman–Crippen MR) is 114 cm³/mol. The third-order valence-electron chi connectivity index (χ3n) is 4.35. The summed E-state index contributed by atoms with van der Waals surface area (Å²) in [5, 5.41) is 15.5. The summed E-state index contributed by atoms with van der Waals surface area (Å²) in [4.78, 5) is 25.5. The predicted octanol–water partition coefficient (Wildman–Crippen LogP) is 4.26. The van der Waals surface area contributed by atoms with Crippen LogP contribution in [0.1, 0.15) is 17.9 Å². The zero-order valence-corrected chi connectivity index (χ0v) is 17.2. The van der Waals surface area contributed by atoms with Gasteiger partial charge in [-0.2, -0.15) is 5.26 Å². The topological polar surface area (TPSA) is 82.0 Å². The van der Waals surface area contributed by atoms with Crippen molar-refractivity contribution in [2.45, 2.75) is 17.2 Å². The zero-order chi connectivity index (χ0) is 20.8. The van der Waals surface area contributed by atoms with Crippen LogP contribution in [0.15, 0.2) is 64.0 Å². The molecular formula is C21H18FN3O2S2. The molecule has 2 aromatic rings. The lowest BCUT2D eigenvalue weighted by molar-refractivity contribution is -0.121. The molecule has 0 radical (unpaired) electrons. The Hall–Kier alpha value is -2.76. The summed E-state index contributed by atoms with van der Waals surface area (Å²) >= 11 is 2.72. The number of carbonyl (C=O) groups excluding carboxylic acids is 2. The van der Waals surface area contributed by atoms with E-state index in [1.807, 2.05) is 30.5 Å². The maximum atomic E-state index is 13.0. The van der Waals surface area contributed by atoms with Crippen LogP contribution in [0, 0.1) is 17.1 Å². The maximum Gasteiger partial charge on any atom is 0.234 e. The number of nitriles is 1. The van der Waals surface area contributed by atoms with Gasteiger partial charge in [0.2, 0.25) is 11.8 Å². The lowest BCUT2D eigenvalue weighted by Crippen LogP contribution is -2.31. The molecule has 8 heteroatoms. The van der Waals surface area contributed by atoms with E-state index in [0.717, 1.165) is 22.2 Å². The third-order valence-corrected chi connectivity index (χ3v) is 6.11. The van der Waals surface area contributed by atoms with Crippen LogP contribution < -0.4 is 10.6 Å². The molecule has 1 aliphatic heterocycles. The van der Waals surface area contributed by atoms with Crippen LogP contribution in [0.25, 0.3) is 0 Å². The fourth-order valence-corrected chi connectivity index (χ4v) is 4.21. The molecule has 0 saturated carbocycles. The Bertz CT molecular complexity index is 982. The van der Waals surface area contributed by atoms with Crippen molar-refractivity contribution >= 4 is 41.0 Å². The van der Waals surface area contributed by atoms with E-state index in [1.165, 1.54) is 24.3 Å². The van der Waals surface area contributed by atoms with Crippen LogP contribution in [0.4, 0.5) is 10.1 Å². The molecule has 0 saturated heterocycles. The van der Waals surface area contributed by atoms with Crippen molar-refractivity contribution < 1.29 is 14.0 Å². The van der Waals surface area contributed by atoms with Gasteiger partial charge >= 0.3 is 0 Å². The SMILES string of the molecule is CSc1ccc([C@@H]2CC(=O)NC(SCC(=O)Nc3ccc(F)cc3)=C2C#N)cc1. The Labute approximate surface area is 176 Å². The van der Waals surface area contributed by atoms with Crippen molar-refractivity contribution in [1.82, 2.24) is 5.32 Å². The lowest BCUT2D eigenvalue weighted by atomic mass is 9.87. The number of benzene rings is 2. The van der Waals surface area contributed by atoms with Gasteiger partial charge in [-0.15, -0.1) is 11.8 Å². The van der Waals surface area contributed by atoms with Gasteiger partial charge in [-0.3, -0.25) is 9.59 Å². The highest BCUT2D eigenvalue weighted by molar-refractivity contribution is 8.03. The Kier molecular flexibility index (Phi) is 6.96. The van der Waals surface area contributed by atoms with Gasteiger partial charge in [0.25, 0.3) is 0 Å². The minimum atomic E-state index is -0.386. The first-order chi connectivity index (χ1) is 14.0. The second kappa shape index (κ2) is 9.63. The fourth-order valence-electron chi connectivity index (χ4n) is 2.92. The van der Waals surface area contributed by atoms with Crippen molar-refractivity contribution in [3.63, 3.8) is 0 Å². The number of allylic oxidation sites excluding steroid dienone is 1. The summed E-state index contributed by atoms with van der Waals surface area (Å²) in [7, 11) is 0. The molecule has 29 heavy (non-hydrogen) atoms. The van der Waals surface area contributed by atoms with Gasteiger partial charge in [-0.25, -0.2) is 4.39 Å². The number of anilines is 1. The third kappa shape index (κ3) is 5.40. The second-order valence-corrected chi connectivity index (χ2v) is 8.14. The van der Waals surface area contributed by atoms with Gasteiger partial charge in [0.05, 0.1) is 22.4 Å². The molecule has 0 fully saturated rings. The quantitative estimate of drug-likeness (QED) is 0.673. The van der Waals surface area contributed by atoms with E-state index in [4.69, 9.17) is 0 Å². The number of nitrogens with zero attached hydrogens (tertiary/aromatic N) is 1. The first-order valence-electron chi connectivity index (χ1n) is 8.76. The van der Waals surface area contributed by atoms with Gasteiger partial charge < -0.3 is 10.6 Å². The summed E-state index contributed by atoms with van der Waals surface area (Å²) < 4.78 is 13.0. The lowest BCUT2D eigenvalue weighted by Gasteiger charge is -2.25. The molecule has 2 amide bonds. The van der Waals surface area contributed by atoms with Crippen molar-refractivity contribution in [2.75, 3.05) is 17.3 Å². The van der Waals surface area contributed by atoms with E-state index in [2.05, 4.69) is 16.7 Å². The van der Waals surface area contributed by atoms with Crippen molar-refractivity contribution in [2.24, 2.45) is 0 Å². The Morgan fingerprint density at radius 2 is 1.93 bits per heavy atom. The van der Waals surface area contributed by atoms with Crippen LogP contribution in [0.2, 0.25) is 0 Å². The van der Waals surface area contributed by atoms with Crippen LogP contribution in [0.5, 0.6) is 0 Å². The smallest absolute Gasteiger partial charge is 0.234 e. The van der Waals surface area contributed by atoms with Crippen molar-refractivity contribution in [3.05, 3.63) is 70.5 Å². The van der Waals surface area contributed by atoms with E-state index < -0.39 is 0 Å². The summed E-state index contributed by atoms with van der Waals surface area (Å²) in [6.45, 7) is 0. The largest absolute Gasteiger partial charge is 0.325 e. The number of amides is 2. The molecule has 5 nitrogen and oxygen atoms in total. The number of rotatable bonds is 6. The Balaban J connectivity index is 1.73. The first-order valence-corrected chi connectivity index (χ1v) is 11.0. The molecule has 0 spiro atoms. The van der Waals surface area contributed by atoms with Gasteiger partial charge in [0, 0.05) is 22.9 Å². The molecule has 0 bridgehead atoms. The number of hydrogen-bond donors (Lipinski definition) is 2. The zero-order valence-electron chi connectivity index (χ0n) is 15.6. The highest BCUT2D eigenvalue weighted by atomic mass is 32.2. The first kappa shape index (κ1) is 21.0. The van der Waals surface area contributed by atoms with E-state index in [1.54, 1.807) is 11.8 Å². The van der Waals surface area contributed by atoms with Crippen LogP contribution in [-0.2, 0) is 9.59 Å². The molecule has 1 aliphatic rings. The average molecular weight is 428 g/mol. The maximum absolute atomic E-state index is 13.0. The number of halogens is 1. The molecule has 3 rings (SSSR count). The van der Waals surface area contributed by atoms with E-state index >= 15 is 0 Å². The Morgan fingerprint density at radius 1 is 1.24 bits per heavy atom. The molecule has 1 heterocycles. The van der Waals surface area contributed by atoms with Gasteiger partial charge in [-0.1, -0.05) is 23.9 Å². The van der Waals surface area contributed by atoms with Crippen LogP contribution in [0.3, 0.4) is 0 Å². The highest BCUT2D eigenvalue weighted by Crippen LogP contribution is 2.36. The molecule has 148 valence electrons. The molecular weight excluding hydrogens is 409 g/mol. The molecule has 0 aliphatic carbocycles. The number of nitrogens with one attached hydrogen (secondary N) is 2. The average Bonchev–Trinajstić information content (AvgIpc) is 2.73. The molecule has 0 aromatic heterocycles. The van der Waals surface area contributed by atoms with E-state index in [-0.39, 0.29) is 35.7 Å². The monoisotopic (exact) mass is 427 g/mol. The summed E-state index contributed by atoms with van der Waals surface area (Å²) in [5.41, 5.74) is 1.81. The van der Waals surface area contributed by atoms with E-state index in [0.29, 0.717) is 16.3 Å². The molecule has 2 aromatic carbocycles. The Morgan fingerprint density at radius 3 is 2.55 bits per heavy atom. The summed E-state index contributed by atoms with van der Waals surface area (Å²) in [5.74, 6) is -1.22. The van der Waals surface area contributed by atoms with Gasteiger partial charge in [0.15, 0.2) is 0 Å². The molecule has 0 unspecified atom stereocenters. The molecule has 2 N–H and O–H groups in total. The van der Waals surface area contributed by atoms with Crippen molar-refractivity contribution in [1.29, 1.82) is 5.26 Å². The van der Waals surface area contributed by atoms with Crippen LogP contribution >= 0.6 is 23.5 Å². The normalized spacial score (nSPS) is 16.2. The number of thioether (sulfide) groups is 2.